The lowest BCUT2D eigenvalue weighted by Crippen LogP contribution is -2.46. The minimum Gasteiger partial charge on any atom is -0.480 e. The fraction of sp³-hybridized carbons (Fsp3) is 0.556. The standard InChI is InChI=1S/C18H20F3NO3/c19-18(20,21)13-7-5-11(6-8-13)9-16(23)22-14-4-2-1-3-12(14)10-15(22)17(24)25/h5-8,12,14-15H,1-4,9-10H2,(H,24,25). The number of halogens is 3. The van der Waals surface area contributed by atoms with Crippen molar-refractivity contribution in [2.24, 2.45) is 5.92 Å². The minimum atomic E-state index is -4.42. The lowest BCUT2D eigenvalue weighted by atomic mass is 9.84. The number of carboxylic acid groups (broad SMARTS) is 1. The van der Waals surface area contributed by atoms with Gasteiger partial charge in [0, 0.05) is 6.04 Å². The molecular weight excluding hydrogens is 335 g/mol. The molecule has 2 aliphatic rings. The van der Waals surface area contributed by atoms with E-state index in [9.17, 15) is 27.9 Å². The molecular formula is C18H20F3NO3. The number of nitrogens with zero attached hydrogens (tertiary/aromatic N) is 1. The number of likely N-dealkylation sites (tertiary alicyclic amines) is 1. The number of carbonyl (C=O) groups excluding carboxylic acids is 1. The summed E-state index contributed by atoms with van der Waals surface area (Å²) in [5.41, 5.74) is -0.304. The second-order valence-corrected chi connectivity index (χ2v) is 6.87. The maximum absolute atomic E-state index is 12.7. The number of fused-ring (bicyclic) bond motifs is 1. The van der Waals surface area contributed by atoms with Crippen LogP contribution < -0.4 is 0 Å². The molecule has 2 fully saturated rings. The van der Waals surface area contributed by atoms with Gasteiger partial charge in [-0.05, 0) is 42.9 Å². The van der Waals surface area contributed by atoms with Crippen molar-refractivity contribution in [2.45, 2.75) is 56.8 Å². The van der Waals surface area contributed by atoms with Crippen LogP contribution in [0.2, 0.25) is 0 Å². The molecule has 3 rings (SSSR count). The molecule has 0 radical (unpaired) electrons. The van der Waals surface area contributed by atoms with Crippen molar-refractivity contribution >= 4 is 11.9 Å². The zero-order valence-electron chi connectivity index (χ0n) is 13.6. The summed E-state index contributed by atoms with van der Waals surface area (Å²) in [6.45, 7) is 0. The van der Waals surface area contributed by atoms with Crippen LogP contribution in [0, 0.1) is 5.92 Å². The van der Waals surface area contributed by atoms with Crippen LogP contribution >= 0.6 is 0 Å². The van der Waals surface area contributed by atoms with Crippen molar-refractivity contribution in [3.8, 4) is 0 Å². The summed E-state index contributed by atoms with van der Waals surface area (Å²) in [6.07, 6.45) is -0.275. The monoisotopic (exact) mass is 355 g/mol. The van der Waals surface area contributed by atoms with Crippen LogP contribution in [-0.4, -0.2) is 34.0 Å². The third-order valence-corrected chi connectivity index (χ3v) is 5.30. The van der Waals surface area contributed by atoms with Crippen molar-refractivity contribution in [1.82, 2.24) is 4.90 Å². The molecule has 136 valence electrons. The minimum absolute atomic E-state index is 0.0585. The summed E-state index contributed by atoms with van der Waals surface area (Å²) >= 11 is 0. The average molecular weight is 355 g/mol. The van der Waals surface area contributed by atoms with Crippen molar-refractivity contribution in [3.63, 3.8) is 0 Å². The highest BCUT2D eigenvalue weighted by Gasteiger charge is 2.47. The molecule has 7 heteroatoms. The highest BCUT2D eigenvalue weighted by Crippen LogP contribution is 2.40. The Morgan fingerprint density at radius 3 is 2.36 bits per heavy atom. The van der Waals surface area contributed by atoms with Crippen LogP contribution in [0.5, 0.6) is 0 Å². The van der Waals surface area contributed by atoms with E-state index in [4.69, 9.17) is 0 Å². The molecule has 1 amide bonds. The number of carboxylic acids is 1. The number of hydrogen-bond donors (Lipinski definition) is 1. The number of aliphatic carboxylic acids is 1. The molecule has 1 N–H and O–H groups in total. The van der Waals surface area contributed by atoms with E-state index >= 15 is 0 Å². The van der Waals surface area contributed by atoms with E-state index in [2.05, 4.69) is 0 Å². The Bertz CT molecular complexity index is 657. The predicted molar refractivity (Wildman–Crippen MR) is 83.8 cm³/mol. The average Bonchev–Trinajstić information content (AvgIpc) is 2.94. The van der Waals surface area contributed by atoms with Crippen LogP contribution in [-0.2, 0) is 22.2 Å². The number of hydrogen-bond acceptors (Lipinski definition) is 2. The number of carbonyl (C=O) groups is 2. The first-order valence-corrected chi connectivity index (χ1v) is 8.47. The smallest absolute Gasteiger partial charge is 0.416 e. The molecule has 3 unspecified atom stereocenters. The van der Waals surface area contributed by atoms with E-state index in [1.807, 2.05) is 0 Å². The van der Waals surface area contributed by atoms with Gasteiger partial charge in [0.05, 0.1) is 12.0 Å². The zero-order valence-corrected chi connectivity index (χ0v) is 13.6. The maximum Gasteiger partial charge on any atom is 0.416 e. The van der Waals surface area contributed by atoms with Gasteiger partial charge in [-0.15, -0.1) is 0 Å². The van der Waals surface area contributed by atoms with Crippen LogP contribution in [0.1, 0.15) is 43.2 Å². The molecule has 1 aliphatic heterocycles. The normalized spacial score (nSPS) is 26.4. The van der Waals surface area contributed by atoms with Gasteiger partial charge in [-0.1, -0.05) is 25.0 Å². The van der Waals surface area contributed by atoms with E-state index in [-0.39, 0.29) is 24.3 Å². The summed E-state index contributed by atoms with van der Waals surface area (Å²) in [7, 11) is 0. The largest absolute Gasteiger partial charge is 0.480 e. The fourth-order valence-electron chi connectivity index (χ4n) is 4.12. The SMILES string of the molecule is O=C(O)C1CC2CCCCC2N1C(=O)Cc1ccc(C(F)(F)F)cc1. The molecule has 4 nitrogen and oxygen atoms in total. The molecule has 0 bridgehead atoms. The molecule has 1 aliphatic carbocycles. The highest BCUT2D eigenvalue weighted by atomic mass is 19.4. The van der Waals surface area contributed by atoms with Crippen molar-refractivity contribution in [1.29, 1.82) is 0 Å². The quantitative estimate of drug-likeness (QED) is 0.903. The van der Waals surface area contributed by atoms with E-state index < -0.39 is 23.8 Å². The lowest BCUT2D eigenvalue weighted by Gasteiger charge is -2.33. The molecule has 1 aromatic carbocycles. The molecule has 1 saturated heterocycles. The van der Waals surface area contributed by atoms with Gasteiger partial charge in [-0.3, -0.25) is 4.79 Å². The molecule has 0 aromatic heterocycles. The van der Waals surface area contributed by atoms with Gasteiger partial charge in [0.1, 0.15) is 6.04 Å². The first-order chi connectivity index (χ1) is 11.8. The molecule has 0 spiro atoms. The summed E-state index contributed by atoms with van der Waals surface area (Å²) in [5.74, 6) is -1.11. The molecule has 1 aromatic rings. The van der Waals surface area contributed by atoms with Crippen LogP contribution in [0.3, 0.4) is 0 Å². The highest BCUT2D eigenvalue weighted by molar-refractivity contribution is 5.86. The van der Waals surface area contributed by atoms with Crippen LogP contribution in [0.25, 0.3) is 0 Å². The third-order valence-electron chi connectivity index (χ3n) is 5.30. The molecule has 3 atom stereocenters. The van der Waals surface area contributed by atoms with Gasteiger partial charge < -0.3 is 10.0 Å². The Morgan fingerprint density at radius 1 is 1.12 bits per heavy atom. The van der Waals surface area contributed by atoms with E-state index in [0.29, 0.717) is 12.0 Å². The topological polar surface area (TPSA) is 57.6 Å². The van der Waals surface area contributed by atoms with Gasteiger partial charge in [-0.25, -0.2) is 4.79 Å². The zero-order chi connectivity index (χ0) is 18.2. The number of rotatable bonds is 3. The molecule has 1 saturated carbocycles. The van der Waals surface area contributed by atoms with Gasteiger partial charge in [0.25, 0.3) is 0 Å². The van der Waals surface area contributed by atoms with E-state index in [0.717, 1.165) is 37.8 Å². The summed E-state index contributed by atoms with van der Waals surface area (Å²) in [4.78, 5) is 25.7. The second kappa shape index (κ2) is 6.69. The Labute approximate surface area is 143 Å². The second-order valence-electron chi connectivity index (χ2n) is 6.87. The van der Waals surface area contributed by atoms with Crippen molar-refractivity contribution < 1.29 is 27.9 Å². The lowest BCUT2D eigenvalue weighted by molar-refractivity contribution is -0.149. The Kier molecular flexibility index (Phi) is 4.75. The third kappa shape index (κ3) is 3.65. The van der Waals surface area contributed by atoms with Gasteiger partial charge in [0.15, 0.2) is 0 Å². The first kappa shape index (κ1) is 17.8. The first-order valence-electron chi connectivity index (χ1n) is 8.47. The number of amides is 1. The number of alkyl halides is 3. The Hall–Kier alpha value is -2.05. The van der Waals surface area contributed by atoms with Crippen LogP contribution in [0.4, 0.5) is 13.2 Å². The number of benzene rings is 1. The van der Waals surface area contributed by atoms with E-state index in [1.165, 1.54) is 17.0 Å². The van der Waals surface area contributed by atoms with Crippen molar-refractivity contribution in [3.05, 3.63) is 35.4 Å². The molecule has 1 heterocycles. The van der Waals surface area contributed by atoms with Crippen LogP contribution in [0.15, 0.2) is 24.3 Å². The fourth-order valence-corrected chi connectivity index (χ4v) is 4.12. The predicted octanol–water partition coefficient (Wildman–Crippen LogP) is 3.49. The van der Waals surface area contributed by atoms with Gasteiger partial charge in [-0.2, -0.15) is 13.2 Å². The summed E-state index contributed by atoms with van der Waals surface area (Å²) in [6, 6.07) is 3.58. The van der Waals surface area contributed by atoms with Gasteiger partial charge >= 0.3 is 12.1 Å². The van der Waals surface area contributed by atoms with E-state index in [1.54, 1.807) is 0 Å². The summed E-state index contributed by atoms with van der Waals surface area (Å²) in [5, 5.41) is 9.45. The maximum atomic E-state index is 12.7. The van der Waals surface area contributed by atoms with Crippen molar-refractivity contribution in [2.75, 3.05) is 0 Å². The summed E-state index contributed by atoms with van der Waals surface area (Å²) < 4.78 is 37.8. The molecule has 25 heavy (non-hydrogen) atoms. The van der Waals surface area contributed by atoms with Gasteiger partial charge in [0.2, 0.25) is 5.91 Å². The Balaban J connectivity index is 1.75. The Morgan fingerprint density at radius 2 is 1.76 bits per heavy atom.